The lowest BCUT2D eigenvalue weighted by Gasteiger charge is -2.32. The molecule has 1 aliphatic rings. The normalized spacial score (nSPS) is 14.1. The van der Waals surface area contributed by atoms with Gasteiger partial charge in [0, 0.05) is 41.7 Å². The fourth-order valence-corrected chi connectivity index (χ4v) is 4.98. The summed E-state index contributed by atoms with van der Waals surface area (Å²) in [6.45, 7) is 3.52. The molecule has 0 atom stereocenters. The summed E-state index contributed by atoms with van der Waals surface area (Å²) in [6.07, 6.45) is 2.18. The van der Waals surface area contributed by atoms with Crippen molar-refractivity contribution >= 4 is 23.2 Å². The zero-order valence-electron chi connectivity index (χ0n) is 19.3. The Bertz CT molecular complexity index is 1160. The topological polar surface area (TPSA) is 71.5 Å². The SMILES string of the molecule is COc1ccc(C(=O)N2CCC(c3nc(C)ccc3C(=O)NCCc3cccs3)CC2)cc1F. The lowest BCUT2D eigenvalue weighted by atomic mass is 9.89. The number of carbonyl (C=O) groups excluding carboxylic acids is 2. The Balaban J connectivity index is 1.40. The summed E-state index contributed by atoms with van der Waals surface area (Å²) >= 11 is 1.68. The Morgan fingerprint density at radius 3 is 2.68 bits per heavy atom. The molecule has 0 saturated carbocycles. The summed E-state index contributed by atoms with van der Waals surface area (Å²) in [6, 6.07) is 12.0. The second kappa shape index (κ2) is 10.8. The summed E-state index contributed by atoms with van der Waals surface area (Å²) in [4.78, 5) is 33.5. The van der Waals surface area contributed by atoms with Crippen molar-refractivity contribution in [2.24, 2.45) is 0 Å². The first-order valence-corrected chi connectivity index (χ1v) is 12.2. The number of carbonyl (C=O) groups is 2. The molecule has 1 aliphatic heterocycles. The molecule has 0 aliphatic carbocycles. The quantitative estimate of drug-likeness (QED) is 0.536. The third-order valence-corrected chi connectivity index (χ3v) is 7.05. The molecule has 3 heterocycles. The summed E-state index contributed by atoms with van der Waals surface area (Å²) < 4.78 is 19.0. The van der Waals surface area contributed by atoms with Gasteiger partial charge in [-0.25, -0.2) is 4.39 Å². The van der Waals surface area contributed by atoms with Crippen LogP contribution in [0.1, 0.15) is 55.7 Å². The zero-order valence-corrected chi connectivity index (χ0v) is 20.2. The maximum atomic E-state index is 14.0. The number of thiophene rings is 1. The van der Waals surface area contributed by atoms with Crippen LogP contribution in [0.3, 0.4) is 0 Å². The number of piperidine rings is 1. The molecule has 2 amide bonds. The van der Waals surface area contributed by atoms with Gasteiger partial charge in [-0.3, -0.25) is 14.6 Å². The summed E-state index contributed by atoms with van der Waals surface area (Å²) in [5.74, 6) is -0.687. The van der Waals surface area contributed by atoms with Gasteiger partial charge in [-0.05, 0) is 68.0 Å². The lowest BCUT2D eigenvalue weighted by molar-refractivity contribution is 0.0710. The number of ether oxygens (including phenoxy) is 1. The molecule has 6 nitrogen and oxygen atoms in total. The van der Waals surface area contributed by atoms with Crippen LogP contribution in [-0.4, -0.2) is 48.4 Å². The molecular weight excluding hydrogens is 453 g/mol. The Morgan fingerprint density at radius 2 is 2.00 bits per heavy atom. The molecule has 1 saturated heterocycles. The van der Waals surface area contributed by atoms with E-state index in [1.54, 1.807) is 22.3 Å². The van der Waals surface area contributed by atoms with Gasteiger partial charge < -0.3 is 15.0 Å². The van der Waals surface area contributed by atoms with Crippen molar-refractivity contribution < 1.29 is 18.7 Å². The minimum Gasteiger partial charge on any atom is -0.494 e. The van der Waals surface area contributed by atoms with Crippen LogP contribution in [0, 0.1) is 12.7 Å². The van der Waals surface area contributed by atoms with Gasteiger partial charge in [0.05, 0.1) is 18.4 Å². The summed E-state index contributed by atoms with van der Waals surface area (Å²) in [7, 11) is 1.39. The van der Waals surface area contributed by atoms with E-state index in [4.69, 9.17) is 9.72 Å². The van der Waals surface area contributed by atoms with Crippen LogP contribution >= 0.6 is 11.3 Å². The van der Waals surface area contributed by atoms with E-state index in [-0.39, 0.29) is 23.5 Å². The van der Waals surface area contributed by atoms with Crippen molar-refractivity contribution in [3.8, 4) is 5.75 Å². The number of methoxy groups -OCH3 is 1. The van der Waals surface area contributed by atoms with Crippen LogP contribution in [0.25, 0.3) is 0 Å². The highest BCUT2D eigenvalue weighted by Gasteiger charge is 2.28. The van der Waals surface area contributed by atoms with Crippen molar-refractivity contribution in [3.63, 3.8) is 0 Å². The number of aromatic nitrogens is 1. The third kappa shape index (κ3) is 5.44. The number of benzene rings is 1. The fourth-order valence-electron chi connectivity index (χ4n) is 4.27. The van der Waals surface area contributed by atoms with Crippen molar-refractivity contribution in [1.82, 2.24) is 15.2 Å². The van der Waals surface area contributed by atoms with Gasteiger partial charge in [0.15, 0.2) is 11.6 Å². The lowest BCUT2D eigenvalue weighted by Crippen LogP contribution is -2.38. The number of halogens is 1. The van der Waals surface area contributed by atoms with E-state index < -0.39 is 5.82 Å². The largest absolute Gasteiger partial charge is 0.494 e. The molecule has 4 rings (SSSR count). The predicted octanol–water partition coefficient (Wildman–Crippen LogP) is 4.59. The highest BCUT2D eigenvalue weighted by atomic mass is 32.1. The molecule has 0 unspecified atom stereocenters. The van der Waals surface area contributed by atoms with Gasteiger partial charge >= 0.3 is 0 Å². The summed E-state index contributed by atoms with van der Waals surface area (Å²) in [5.41, 5.74) is 2.54. The van der Waals surface area contributed by atoms with E-state index in [0.29, 0.717) is 43.6 Å². The van der Waals surface area contributed by atoms with Crippen molar-refractivity contribution in [2.75, 3.05) is 26.7 Å². The van der Waals surface area contributed by atoms with Gasteiger partial charge in [0.1, 0.15) is 0 Å². The molecular formula is C26H28FN3O3S. The number of pyridine rings is 1. The number of hydrogen-bond donors (Lipinski definition) is 1. The molecule has 34 heavy (non-hydrogen) atoms. The van der Waals surface area contributed by atoms with E-state index in [1.165, 1.54) is 24.1 Å². The van der Waals surface area contributed by atoms with Crippen molar-refractivity contribution in [1.29, 1.82) is 0 Å². The van der Waals surface area contributed by atoms with Gasteiger partial charge in [0.25, 0.3) is 11.8 Å². The number of rotatable bonds is 7. The number of amides is 2. The zero-order chi connectivity index (χ0) is 24.1. The number of nitrogens with one attached hydrogen (secondary N) is 1. The number of nitrogens with zero attached hydrogens (tertiary/aromatic N) is 2. The van der Waals surface area contributed by atoms with Crippen LogP contribution in [0.15, 0.2) is 47.8 Å². The van der Waals surface area contributed by atoms with Crippen LogP contribution in [0.2, 0.25) is 0 Å². The molecule has 1 aromatic carbocycles. The fraction of sp³-hybridized carbons (Fsp3) is 0.346. The van der Waals surface area contributed by atoms with E-state index in [2.05, 4.69) is 11.4 Å². The second-order valence-corrected chi connectivity index (χ2v) is 9.42. The summed E-state index contributed by atoms with van der Waals surface area (Å²) in [5, 5.41) is 5.05. The highest BCUT2D eigenvalue weighted by Crippen LogP contribution is 2.30. The predicted molar refractivity (Wildman–Crippen MR) is 130 cm³/mol. The van der Waals surface area contributed by atoms with E-state index in [1.807, 2.05) is 30.5 Å². The molecule has 0 spiro atoms. The number of hydrogen-bond acceptors (Lipinski definition) is 5. The van der Waals surface area contributed by atoms with Crippen LogP contribution in [0.4, 0.5) is 4.39 Å². The minimum absolute atomic E-state index is 0.0783. The molecule has 178 valence electrons. The van der Waals surface area contributed by atoms with Gasteiger partial charge in [-0.1, -0.05) is 6.07 Å². The molecule has 0 bridgehead atoms. The molecule has 3 aromatic rings. The monoisotopic (exact) mass is 481 g/mol. The van der Waals surface area contributed by atoms with Crippen molar-refractivity contribution in [3.05, 3.63) is 81.1 Å². The first-order chi connectivity index (χ1) is 16.5. The maximum absolute atomic E-state index is 14.0. The molecule has 2 aromatic heterocycles. The van der Waals surface area contributed by atoms with E-state index >= 15 is 0 Å². The first kappa shape index (κ1) is 23.9. The molecule has 1 N–H and O–H groups in total. The molecule has 8 heteroatoms. The number of aryl methyl sites for hydroxylation is 1. The minimum atomic E-state index is -0.554. The third-order valence-electron chi connectivity index (χ3n) is 6.11. The second-order valence-electron chi connectivity index (χ2n) is 8.39. The Hall–Kier alpha value is -3.26. The highest BCUT2D eigenvalue weighted by molar-refractivity contribution is 7.09. The van der Waals surface area contributed by atoms with Crippen LogP contribution < -0.4 is 10.1 Å². The maximum Gasteiger partial charge on any atom is 0.253 e. The van der Waals surface area contributed by atoms with Gasteiger partial charge in [0.2, 0.25) is 0 Å². The standard InChI is InChI=1S/C26H28FN3O3S/c1-17-5-7-21(25(31)28-12-9-20-4-3-15-34-20)24(29-17)18-10-13-30(14-11-18)26(32)19-6-8-23(33-2)22(27)16-19/h3-8,15-16,18H,9-14H2,1-2H3,(H,28,31). The van der Waals surface area contributed by atoms with Crippen molar-refractivity contribution in [2.45, 2.75) is 32.1 Å². The smallest absolute Gasteiger partial charge is 0.253 e. The Labute approximate surface area is 202 Å². The first-order valence-electron chi connectivity index (χ1n) is 11.4. The van der Waals surface area contributed by atoms with Gasteiger partial charge in [-0.2, -0.15) is 0 Å². The number of likely N-dealkylation sites (tertiary alicyclic amines) is 1. The van der Waals surface area contributed by atoms with E-state index in [9.17, 15) is 14.0 Å². The Kier molecular flexibility index (Phi) is 7.57. The Morgan fingerprint density at radius 1 is 1.21 bits per heavy atom. The average molecular weight is 482 g/mol. The van der Waals surface area contributed by atoms with Gasteiger partial charge in [-0.15, -0.1) is 11.3 Å². The van der Waals surface area contributed by atoms with Crippen LogP contribution in [-0.2, 0) is 6.42 Å². The molecule has 0 radical (unpaired) electrons. The average Bonchev–Trinajstić information content (AvgIpc) is 3.37. The van der Waals surface area contributed by atoms with Crippen LogP contribution in [0.5, 0.6) is 5.75 Å². The van der Waals surface area contributed by atoms with E-state index in [0.717, 1.165) is 17.8 Å². The molecule has 1 fully saturated rings.